The minimum Gasteiger partial charge on any atom is -0.381 e. The summed E-state index contributed by atoms with van der Waals surface area (Å²) >= 11 is 0. The minimum atomic E-state index is -0.139. The van der Waals surface area contributed by atoms with Gasteiger partial charge in [-0.15, -0.1) is 0 Å². The van der Waals surface area contributed by atoms with E-state index in [9.17, 15) is 4.79 Å². The maximum absolute atomic E-state index is 12.9. The van der Waals surface area contributed by atoms with Gasteiger partial charge >= 0.3 is 0 Å². The van der Waals surface area contributed by atoms with Crippen LogP contribution in [0, 0.1) is 6.92 Å². The molecule has 1 saturated heterocycles. The van der Waals surface area contributed by atoms with Gasteiger partial charge in [-0.05, 0) is 67.8 Å². The average Bonchev–Trinajstić information content (AvgIpc) is 3.30. The summed E-state index contributed by atoms with van der Waals surface area (Å²) < 4.78 is 5.47. The Morgan fingerprint density at radius 3 is 2.41 bits per heavy atom. The molecule has 0 saturated carbocycles. The maximum Gasteiger partial charge on any atom is 0.272 e. The van der Waals surface area contributed by atoms with E-state index in [1.54, 1.807) is 0 Å². The van der Waals surface area contributed by atoms with Crippen LogP contribution in [0.5, 0.6) is 0 Å². The van der Waals surface area contributed by atoms with Crippen LogP contribution in [0.4, 0.5) is 5.69 Å². The van der Waals surface area contributed by atoms with E-state index in [2.05, 4.69) is 83.8 Å². The van der Waals surface area contributed by atoms with Crippen LogP contribution in [0.25, 0.3) is 22.0 Å². The number of hydrogen-bond acceptors (Lipinski definition) is 3. The van der Waals surface area contributed by atoms with Crippen LogP contribution in [0.3, 0.4) is 0 Å². The number of nitrogens with zero attached hydrogens (tertiary/aromatic N) is 1. The maximum atomic E-state index is 12.9. The van der Waals surface area contributed by atoms with Crippen LogP contribution >= 0.6 is 0 Å². The highest BCUT2D eigenvalue weighted by atomic mass is 16.5. The fourth-order valence-electron chi connectivity index (χ4n) is 4.61. The summed E-state index contributed by atoms with van der Waals surface area (Å²) in [6, 6.07) is 25.3. The van der Waals surface area contributed by atoms with Crippen molar-refractivity contribution < 1.29 is 9.53 Å². The van der Waals surface area contributed by atoms with Gasteiger partial charge in [-0.25, -0.2) is 0 Å². The van der Waals surface area contributed by atoms with Gasteiger partial charge in [0, 0.05) is 42.4 Å². The molecule has 2 heterocycles. The van der Waals surface area contributed by atoms with E-state index in [0.717, 1.165) is 60.3 Å². The first-order valence-corrected chi connectivity index (χ1v) is 11.9. The number of aryl methyl sites for hydroxylation is 1. The lowest BCUT2D eigenvalue weighted by Gasteiger charge is -2.31. The standard InChI is InChI=1S/C29H31N3O2/c1-20-3-7-22(8-4-20)23-9-10-24-18-28(31-27(24)17-23)29(33)30-25-11-5-21(6-12-25)19-32(2)26-13-15-34-16-14-26/h3-12,17-18,26,31H,13-16,19H2,1-2H3,(H,30,33). The molecule has 0 aliphatic carbocycles. The number of anilines is 1. The zero-order chi connectivity index (χ0) is 23.5. The first kappa shape index (κ1) is 22.4. The molecule has 1 aliphatic rings. The van der Waals surface area contributed by atoms with Crippen LogP contribution in [0.1, 0.15) is 34.5 Å². The number of aromatic amines is 1. The van der Waals surface area contributed by atoms with Crippen molar-refractivity contribution >= 4 is 22.5 Å². The van der Waals surface area contributed by atoms with Crippen LogP contribution in [0.2, 0.25) is 0 Å². The van der Waals surface area contributed by atoms with Gasteiger partial charge in [0.05, 0.1) is 0 Å². The highest BCUT2D eigenvalue weighted by molar-refractivity contribution is 6.06. The van der Waals surface area contributed by atoms with E-state index in [4.69, 9.17) is 4.74 Å². The van der Waals surface area contributed by atoms with Gasteiger partial charge in [-0.3, -0.25) is 9.69 Å². The number of benzene rings is 3. The Morgan fingerprint density at radius 1 is 0.971 bits per heavy atom. The van der Waals surface area contributed by atoms with Crippen LogP contribution in [0.15, 0.2) is 72.8 Å². The molecule has 1 amide bonds. The van der Waals surface area contributed by atoms with Crippen LogP contribution < -0.4 is 5.32 Å². The molecule has 5 heteroatoms. The van der Waals surface area contributed by atoms with E-state index in [0.29, 0.717) is 11.7 Å². The molecular formula is C29H31N3O2. The first-order chi connectivity index (χ1) is 16.5. The second-order valence-electron chi connectivity index (χ2n) is 9.26. The first-order valence-electron chi connectivity index (χ1n) is 11.9. The summed E-state index contributed by atoms with van der Waals surface area (Å²) in [5, 5.41) is 4.04. The zero-order valence-corrected chi connectivity index (χ0v) is 19.8. The normalized spacial score (nSPS) is 14.6. The lowest BCUT2D eigenvalue weighted by Crippen LogP contribution is -2.36. The van der Waals surface area contributed by atoms with Gasteiger partial charge in [-0.2, -0.15) is 0 Å². The number of carbonyl (C=O) groups is 1. The summed E-state index contributed by atoms with van der Waals surface area (Å²) in [4.78, 5) is 18.6. The number of ether oxygens (including phenoxy) is 1. The Hall–Kier alpha value is -3.41. The Bertz CT molecular complexity index is 1270. The van der Waals surface area contributed by atoms with Gasteiger partial charge in [0.15, 0.2) is 0 Å². The molecule has 174 valence electrons. The summed E-state index contributed by atoms with van der Waals surface area (Å²) in [7, 11) is 2.17. The number of amides is 1. The molecule has 3 aromatic carbocycles. The number of carbonyl (C=O) groups excluding carboxylic acids is 1. The molecule has 2 N–H and O–H groups in total. The predicted octanol–water partition coefficient (Wildman–Crippen LogP) is 6.01. The zero-order valence-electron chi connectivity index (χ0n) is 19.8. The average molecular weight is 454 g/mol. The monoisotopic (exact) mass is 453 g/mol. The second kappa shape index (κ2) is 9.84. The highest BCUT2D eigenvalue weighted by Gasteiger charge is 2.18. The van der Waals surface area contributed by atoms with Crippen LogP contribution in [-0.2, 0) is 11.3 Å². The van der Waals surface area contributed by atoms with Gasteiger partial charge < -0.3 is 15.0 Å². The van der Waals surface area contributed by atoms with Crippen molar-refractivity contribution in [3.05, 3.63) is 89.6 Å². The lowest BCUT2D eigenvalue weighted by molar-refractivity contribution is 0.0407. The molecule has 0 unspecified atom stereocenters. The Labute approximate surface area is 200 Å². The number of rotatable bonds is 6. The lowest BCUT2D eigenvalue weighted by atomic mass is 10.0. The van der Waals surface area contributed by atoms with Gasteiger partial charge in [0.2, 0.25) is 0 Å². The molecule has 1 aliphatic heterocycles. The summed E-state index contributed by atoms with van der Waals surface area (Å²) in [6.07, 6.45) is 2.17. The third-order valence-corrected chi connectivity index (χ3v) is 6.71. The number of hydrogen-bond donors (Lipinski definition) is 2. The largest absolute Gasteiger partial charge is 0.381 e. The molecule has 34 heavy (non-hydrogen) atoms. The van der Waals surface area contributed by atoms with Crippen molar-refractivity contribution in [2.75, 3.05) is 25.6 Å². The molecule has 0 atom stereocenters. The molecule has 5 nitrogen and oxygen atoms in total. The molecule has 0 bridgehead atoms. The number of aromatic nitrogens is 1. The van der Waals surface area contributed by atoms with Crippen molar-refractivity contribution in [1.82, 2.24) is 9.88 Å². The molecule has 0 spiro atoms. The molecule has 1 aromatic heterocycles. The Morgan fingerprint density at radius 2 is 1.68 bits per heavy atom. The predicted molar refractivity (Wildman–Crippen MR) is 138 cm³/mol. The highest BCUT2D eigenvalue weighted by Crippen LogP contribution is 2.26. The summed E-state index contributed by atoms with van der Waals surface area (Å²) in [5.41, 5.74) is 7.07. The van der Waals surface area contributed by atoms with Crippen molar-refractivity contribution in [3.8, 4) is 11.1 Å². The van der Waals surface area contributed by atoms with E-state index in [-0.39, 0.29) is 5.91 Å². The third kappa shape index (κ3) is 5.06. The molecule has 0 radical (unpaired) electrons. The van der Waals surface area contributed by atoms with Crippen molar-refractivity contribution in [2.45, 2.75) is 32.4 Å². The molecule has 4 aromatic rings. The molecule has 5 rings (SSSR count). The smallest absolute Gasteiger partial charge is 0.272 e. The molecule has 1 fully saturated rings. The second-order valence-corrected chi connectivity index (χ2v) is 9.26. The van der Waals surface area contributed by atoms with Gasteiger partial charge in [-0.1, -0.05) is 54.1 Å². The SMILES string of the molecule is Cc1ccc(-c2ccc3cc(C(=O)Nc4ccc(CN(C)C5CCOCC5)cc4)[nH]c3c2)cc1. The van der Waals surface area contributed by atoms with Crippen LogP contribution in [-0.4, -0.2) is 42.1 Å². The number of fused-ring (bicyclic) bond motifs is 1. The Kier molecular flexibility index (Phi) is 6.48. The van der Waals surface area contributed by atoms with E-state index >= 15 is 0 Å². The Balaban J connectivity index is 1.24. The van der Waals surface area contributed by atoms with Crippen molar-refractivity contribution in [3.63, 3.8) is 0 Å². The summed E-state index contributed by atoms with van der Waals surface area (Å²) in [5.74, 6) is -0.139. The quantitative estimate of drug-likeness (QED) is 0.376. The van der Waals surface area contributed by atoms with E-state index < -0.39 is 0 Å². The fraction of sp³-hybridized carbons (Fsp3) is 0.276. The van der Waals surface area contributed by atoms with E-state index in [1.807, 2.05) is 18.2 Å². The topological polar surface area (TPSA) is 57.4 Å². The summed E-state index contributed by atoms with van der Waals surface area (Å²) in [6.45, 7) is 4.67. The number of nitrogens with one attached hydrogen (secondary N) is 2. The van der Waals surface area contributed by atoms with Gasteiger partial charge in [0.25, 0.3) is 5.91 Å². The molecular weight excluding hydrogens is 422 g/mol. The van der Waals surface area contributed by atoms with Crippen molar-refractivity contribution in [1.29, 1.82) is 0 Å². The number of H-pyrrole nitrogens is 1. The van der Waals surface area contributed by atoms with Gasteiger partial charge in [0.1, 0.15) is 5.69 Å². The van der Waals surface area contributed by atoms with Crippen molar-refractivity contribution in [2.24, 2.45) is 0 Å². The minimum absolute atomic E-state index is 0.139. The third-order valence-electron chi connectivity index (χ3n) is 6.71. The fourth-order valence-corrected chi connectivity index (χ4v) is 4.61. The van der Waals surface area contributed by atoms with E-state index in [1.165, 1.54) is 11.1 Å².